The fourth-order valence-corrected chi connectivity index (χ4v) is 2.34. The predicted molar refractivity (Wildman–Crippen MR) is 92.3 cm³/mol. The fourth-order valence-electron chi connectivity index (χ4n) is 2.34. The number of esters is 1. The molecule has 6 nitrogen and oxygen atoms in total. The molecule has 6 heteroatoms. The van der Waals surface area contributed by atoms with Crippen LogP contribution in [0.15, 0.2) is 61.3 Å². The van der Waals surface area contributed by atoms with Crippen LogP contribution in [0.2, 0.25) is 0 Å². The highest BCUT2D eigenvalue weighted by Gasteiger charge is 2.08. The number of hydrogen-bond donors (Lipinski definition) is 0. The summed E-state index contributed by atoms with van der Waals surface area (Å²) in [5, 5.41) is 0. The van der Waals surface area contributed by atoms with Crippen molar-refractivity contribution in [3.63, 3.8) is 0 Å². The molecule has 25 heavy (non-hydrogen) atoms. The molecule has 0 aliphatic rings. The Kier molecular flexibility index (Phi) is 5.41. The van der Waals surface area contributed by atoms with E-state index in [2.05, 4.69) is 9.97 Å². The molecule has 0 aliphatic carbocycles. The van der Waals surface area contributed by atoms with Crippen molar-refractivity contribution in [2.45, 2.75) is 20.1 Å². The van der Waals surface area contributed by atoms with Gasteiger partial charge in [-0.15, -0.1) is 0 Å². The van der Waals surface area contributed by atoms with E-state index in [4.69, 9.17) is 9.47 Å². The maximum Gasteiger partial charge on any atom is 0.338 e. The molecule has 2 aromatic heterocycles. The van der Waals surface area contributed by atoms with Crippen molar-refractivity contribution in [3.8, 4) is 5.75 Å². The van der Waals surface area contributed by atoms with Crippen LogP contribution >= 0.6 is 0 Å². The van der Waals surface area contributed by atoms with Gasteiger partial charge in [-0.1, -0.05) is 12.1 Å². The second kappa shape index (κ2) is 8.10. The number of benzene rings is 1. The van der Waals surface area contributed by atoms with Gasteiger partial charge < -0.3 is 14.0 Å². The highest BCUT2D eigenvalue weighted by atomic mass is 16.5. The summed E-state index contributed by atoms with van der Waals surface area (Å²) in [6.07, 6.45) is 7.10. The number of carbonyl (C=O) groups excluding carboxylic acids is 1. The molecule has 0 saturated heterocycles. The van der Waals surface area contributed by atoms with Crippen LogP contribution in [0.3, 0.4) is 0 Å². The molecule has 0 saturated carbocycles. The van der Waals surface area contributed by atoms with E-state index in [9.17, 15) is 4.79 Å². The Bertz CT molecular complexity index is 814. The first kappa shape index (κ1) is 16.7. The van der Waals surface area contributed by atoms with Crippen molar-refractivity contribution >= 4 is 5.97 Å². The molecule has 0 aliphatic heterocycles. The smallest absolute Gasteiger partial charge is 0.338 e. The van der Waals surface area contributed by atoms with Crippen molar-refractivity contribution in [2.75, 3.05) is 6.61 Å². The number of ether oxygens (including phenoxy) is 2. The molecular weight excluding hydrogens is 318 g/mol. The van der Waals surface area contributed by atoms with Gasteiger partial charge in [0.1, 0.15) is 18.1 Å². The summed E-state index contributed by atoms with van der Waals surface area (Å²) in [6.45, 7) is 3.14. The van der Waals surface area contributed by atoms with E-state index in [1.807, 2.05) is 35.0 Å². The average Bonchev–Trinajstić information content (AvgIpc) is 3.15. The van der Waals surface area contributed by atoms with E-state index < -0.39 is 0 Å². The minimum absolute atomic E-state index is 0.315. The first-order valence-electron chi connectivity index (χ1n) is 8.04. The minimum atomic E-state index is -0.315. The number of hydrogen-bond acceptors (Lipinski definition) is 5. The zero-order valence-electron chi connectivity index (χ0n) is 14.0. The van der Waals surface area contributed by atoms with Crippen LogP contribution in [0.25, 0.3) is 0 Å². The lowest BCUT2D eigenvalue weighted by atomic mass is 10.1. The second-order valence-corrected chi connectivity index (χ2v) is 5.39. The molecule has 0 N–H and O–H groups in total. The lowest BCUT2D eigenvalue weighted by Crippen LogP contribution is -2.06. The van der Waals surface area contributed by atoms with Gasteiger partial charge in [0, 0.05) is 18.6 Å². The minimum Gasteiger partial charge on any atom is -0.487 e. The van der Waals surface area contributed by atoms with E-state index in [-0.39, 0.29) is 5.97 Å². The lowest BCUT2D eigenvalue weighted by Gasteiger charge is -2.11. The Labute approximate surface area is 146 Å². The summed E-state index contributed by atoms with van der Waals surface area (Å²) in [5.41, 5.74) is 2.34. The highest BCUT2D eigenvalue weighted by molar-refractivity contribution is 5.89. The third-order valence-electron chi connectivity index (χ3n) is 3.60. The molecule has 0 radical (unpaired) electrons. The molecule has 3 rings (SSSR count). The van der Waals surface area contributed by atoms with Gasteiger partial charge in [-0.3, -0.25) is 4.98 Å². The van der Waals surface area contributed by atoms with Crippen LogP contribution in [0.4, 0.5) is 0 Å². The molecule has 0 unspecified atom stereocenters. The average molecular weight is 337 g/mol. The molecule has 0 bridgehead atoms. The molecule has 0 amide bonds. The quantitative estimate of drug-likeness (QED) is 0.620. The summed E-state index contributed by atoms with van der Waals surface area (Å²) in [4.78, 5) is 20.1. The Balaban J connectivity index is 1.64. The number of pyridine rings is 1. The summed E-state index contributed by atoms with van der Waals surface area (Å²) >= 11 is 0. The van der Waals surface area contributed by atoms with Crippen LogP contribution in [0.1, 0.15) is 28.5 Å². The highest BCUT2D eigenvalue weighted by Crippen LogP contribution is 2.18. The topological polar surface area (TPSA) is 66.2 Å². The van der Waals surface area contributed by atoms with Crippen molar-refractivity contribution in [3.05, 3.63) is 78.1 Å². The molecular formula is C19H19N3O3. The van der Waals surface area contributed by atoms with Crippen molar-refractivity contribution in [1.82, 2.24) is 14.5 Å². The summed E-state index contributed by atoms with van der Waals surface area (Å²) < 4.78 is 12.8. The van der Waals surface area contributed by atoms with E-state index in [1.54, 1.807) is 37.8 Å². The van der Waals surface area contributed by atoms with Gasteiger partial charge in [0.25, 0.3) is 0 Å². The van der Waals surface area contributed by atoms with Gasteiger partial charge in [-0.05, 0) is 36.8 Å². The Hall–Kier alpha value is -3.15. The molecule has 1 aromatic carbocycles. The Morgan fingerprint density at radius 2 is 2.00 bits per heavy atom. The third-order valence-corrected chi connectivity index (χ3v) is 3.60. The van der Waals surface area contributed by atoms with Crippen molar-refractivity contribution in [2.24, 2.45) is 0 Å². The first-order valence-corrected chi connectivity index (χ1v) is 8.04. The fraction of sp³-hybridized carbons (Fsp3) is 0.211. The van der Waals surface area contributed by atoms with Gasteiger partial charge in [0.15, 0.2) is 0 Å². The van der Waals surface area contributed by atoms with Crippen molar-refractivity contribution in [1.29, 1.82) is 0 Å². The molecule has 2 heterocycles. The normalized spacial score (nSPS) is 10.4. The SMILES string of the molecule is CCOC(=O)c1ccc(COc2cccnc2Cn2ccnc2)cc1. The van der Waals surface area contributed by atoms with E-state index >= 15 is 0 Å². The Morgan fingerprint density at radius 3 is 2.72 bits per heavy atom. The van der Waals surface area contributed by atoms with Crippen LogP contribution in [0, 0.1) is 0 Å². The van der Waals surface area contributed by atoms with E-state index in [0.29, 0.717) is 25.3 Å². The predicted octanol–water partition coefficient (Wildman–Crippen LogP) is 3.08. The summed E-state index contributed by atoms with van der Waals surface area (Å²) in [6, 6.07) is 10.9. The maximum absolute atomic E-state index is 11.7. The van der Waals surface area contributed by atoms with E-state index in [1.165, 1.54) is 0 Å². The van der Waals surface area contributed by atoms with Gasteiger partial charge in [0.05, 0.1) is 25.0 Å². The number of aromatic nitrogens is 3. The number of carbonyl (C=O) groups is 1. The molecule has 3 aromatic rings. The Morgan fingerprint density at radius 1 is 1.16 bits per heavy atom. The number of rotatable bonds is 7. The summed E-state index contributed by atoms with van der Waals surface area (Å²) in [7, 11) is 0. The van der Waals surface area contributed by atoms with Crippen molar-refractivity contribution < 1.29 is 14.3 Å². The van der Waals surface area contributed by atoms with Gasteiger partial charge in [-0.2, -0.15) is 0 Å². The van der Waals surface area contributed by atoms with Gasteiger partial charge >= 0.3 is 5.97 Å². The van der Waals surface area contributed by atoms with Gasteiger partial charge in [-0.25, -0.2) is 9.78 Å². The monoisotopic (exact) mass is 337 g/mol. The molecule has 0 atom stereocenters. The van der Waals surface area contributed by atoms with Crippen LogP contribution in [0.5, 0.6) is 5.75 Å². The maximum atomic E-state index is 11.7. The molecule has 128 valence electrons. The molecule has 0 fully saturated rings. The lowest BCUT2D eigenvalue weighted by molar-refractivity contribution is 0.0526. The third kappa shape index (κ3) is 4.44. The molecule has 0 spiro atoms. The second-order valence-electron chi connectivity index (χ2n) is 5.39. The van der Waals surface area contributed by atoms with Gasteiger partial charge in [0.2, 0.25) is 0 Å². The van der Waals surface area contributed by atoms with Crippen LogP contribution in [-0.2, 0) is 17.9 Å². The zero-order chi connectivity index (χ0) is 17.5. The largest absolute Gasteiger partial charge is 0.487 e. The zero-order valence-corrected chi connectivity index (χ0v) is 14.0. The standard InChI is InChI=1S/C19H19N3O3/c1-2-24-19(23)16-7-5-15(6-8-16)13-25-18-4-3-9-21-17(18)12-22-11-10-20-14-22/h3-11,14H,2,12-13H2,1H3. The number of imidazole rings is 1. The van der Waals surface area contributed by atoms with E-state index in [0.717, 1.165) is 17.0 Å². The van der Waals surface area contributed by atoms with Crippen LogP contribution in [-0.4, -0.2) is 27.1 Å². The first-order chi connectivity index (χ1) is 12.3. The van der Waals surface area contributed by atoms with Crippen LogP contribution < -0.4 is 4.74 Å². The summed E-state index contributed by atoms with van der Waals surface area (Å²) in [5.74, 6) is 0.413. The number of nitrogens with zero attached hydrogens (tertiary/aromatic N) is 3.